The Kier molecular flexibility index (Phi) is 7.24. The third-order valence-corrected chi connectivity index (χ3v) is 13.5. The highest BCUT2D eigenvalue weighted by Crippen LogP contribution is 2.48. The predicted octanol–water partition coefficient (Wildman–Crippen LogP) is 14.4. The molecule has 12 rings (SSSR count). The van der Waals surface area contributed by atoms with Gasteiger partial charge in [0.15, 0.2) is 17.5 Å². The summed E-state index contributed by atoms with van der Waals surface area (Å²) in [5.74, 6) is 1.97. The minimum Gasteiger partial charge on any atom is -0.309 e. The second kappa shape index (κ2) is 12.8. The summed E-state index contributed by atoms with van der Waals surface area (Å²) >= 11 is 3.70. The van der Waals surface area contributed by atoms with Crippen LogP contribution in [0.1, 0.15) is 0 Å². The van der Waals surface area contributed by atoms with E-state index in [9.17, 15) is 0 Å². The van der Waals surface area contributed by atoms with Crippen LogP contribution in [0.2, 0.25) is 0 Å². The fourth-order valence-corrected chi connectivity index (χ4v) is 10.9. The molecule has 0 atom stereocenters. The van der Waals surface area contributed by atoms with Crippen molar-refractivity contribution in [3.63, 3.8) is 0 Å². The molecule has 0 amide bonds. The van der Waals surface area contributed by atoms with E-state index in [1.807, 2.05) is 59.1 Å². The molecular formula is C51H30N4S2. The molecule has 4 aromatic heterocycles. The molecule has 266 valence electrons. The Morgan fingerprint density at radius 1 is 0.351 bits per heavy atom. The van der Waals surface area contributed by atoms with Crippen LogP contribution in [0, 0.1) is 0 Å². The summed E-state index contributed by atoms with van der Waals surface area (Å²) in [4.78, 5) is 15.5. The summed E-state index contributed by atoms with van der Waals surface area (Å²) in [5, 5.41) is 7.61. The van der Waals surface area contributed by atoms with Crippen LogP contribution in [0.25, 0.3) is 113 Å². The number of nitrogens with zero attached hydrogens (tertiary/aromatic N) is 4. The van der Waals surface area contributed by atoms with Gasteiger partial charge in [0.05, 0.1) is 11.0 Å². The van der Waals surface area contributed by atoms with Gasteiger partial charge in [0.2, 0.25) is 0 Å². The van der Waals surface area contributed by atoms with Crippen LogP contribution in [-0.4, -0.2) is 19.5 Å². The van der Waals surface area contributed by atoms with Gasteiger partial charge in [-0.25, -0.2) is 15.0 Å². The maximum atomic E-state index is 5.24. The highest BCUT2D eigenvalue weighted by molar-refractivity contribution is 7.30. The SMILES string of the molecule is c1ccc(-c2nc(-c3ccccc3)nc(-c3cc(-c4ccc(-n5c6ccccc6c6ccccc65)cc4)cc4c3sc3ccc5c6ccccc6sc5c34)n2)cc1. The lowest BCUT2D eigenvalue weighted by molar-refractivity contribution is 1.08. The molecule has 0 aliphatic rings. The monoisotopic (exact) mass is 762 g/mol. The fraction of sp³-hybridized carbons (Fsp3) is 0. The number of benzene rings is 8. The van der Waals surface area contributed by atoms with Gasteiger partial charge in [0, 0.05) is 73.5 Å². The molecule has 0 radical (unpaired) electrons. The first-order valence-electron chi connectivity index (χ1n) is 19.0. The van der Waals surface area contributed by atoms with E-state index in [-0.39, 0.29) is 0 Å². The molecule has 0 bridgehead atoms. The van der Waals surface area contributed by atoms with Crippen molar-refractivity contribution in [2.45, 2.75) is 0 Å². The second-order valence-corrected chi connectivity index (χ2v) is 16.5. The van der Waals surface area contributed by atoms with Gasteiger partial charge in [0.1, 0.15) is 0 Å². The normalized spacial score (nSPS) is 11.9. The van der Waals surface area contributed by atoms with Gasteiger partial charge in [-0.2, -0.15) is 0 Å². The van der Waals surface area contributed by atoms with Gasteiger partial charge in [-0.1, -0.05) is 133 Å². The molecule has 6 heteroatoms. The first-order valence-corrected chi connectivity index (χ1v) is 20.7. The van der Waals surface area contributed by atoms with E-state index in [1.54, 1.807) is 0 Å². The van der Waals surface area contributed by atoms with E-state index in [1.165, 1.54) is 62.2 Å². The number of para-hydroxylation sites is 2. The molecule has 8 aromatic carbocycles. The first-order chi connectivity index (χ1) is 28.2. The summed E-state index contributed by atoms with van der Waals surface area (Å²) in [6.45, 7) is 0. The molecule has 12 aromatic rings. The highest BCUT2D eigenvalue weighted by Gasteiger charge is 2.21. The standard InChI is InChI=1S/C51H30N4S2/c1-3-13-32(14-4-1)49-52-50(33-15-5-2-6-16-33)54-51(53-49)41-30-34(29-40-46-45(57-47(40)41)28-27-39-38-19-9-12-22-44(38)56-48(39)46)31-23-25-35(26-24-31)55-42-20-10-7-17-36(42)37-18-8-11-21-43(37)55/h1-30H. The predicted molar refractivity (Wildman–Crippen MR) is 242 cm³/mol. The molecule has 0 unspecified atom stereocenters. The molecule has 4 heterocycles. The number of hydrogen-bond acceptors (Lipinski definition) is 5. The molecule has 0 aliphatic heterocycles. The molecule has 0 N–H and O–H groups in total. The third-order valence-electron chi connectivity index (χ3n) is 11.1. The molecule has 4 nitrogen and oxygen atoms in total. The van der Waals surface area contributed by atoms with Crippen molar-refractivity contribution in [1.29, 1.82) is 0 Å². The molecular weight excluding hydrogens is 733 g/mol. The van der Waals surface area contributed by atoms with Crippen molar-refractivity contribution in [2.75, 3.05) is 0 Å². The van der Waals surface area contributed by atoms with Gasteiger partial charge in [-0.15, -0.1) is 22.7 Å². The summed E-state index contributed by atoms with van der Waals surface area (Å²) < 4.78 is 7.41. The lowest BCUT2D eigenvalue weighted by Gasteiger charge is -2.12. The van der Waals surface area contributed by atoms with E-state index < -0.39 is 0 Å². The average molecular weight is 763 g/mol. The average Bonchev–Trinajstić information content (AvgIpc) is 3.96. The van der Waals surface area contributed by atoms with Crippen LogP contribution in [0.5, 0.6) is 0 Å². The molecule has 0 saturated carbocycles. The number of thiophene rings is 2. The molecule has 57 heavy (non-hydrogen) atoms. The minimum atomic E-state index is 0.654. The van der Waals surface area contributed by atoms with Crippen LogP contribution in [-0.2, 0) is 0 Å². The zero-order valence-corrected chi connectivity index (χ0v) is 32.1. The maximum absolute atomic E-state index is 5.24. The molecule has 0 aliphatic carbocycles. The Bertz CT molecular complexity index is 3400. The van der Waals surface area contributed by atoms with Crippen LogP contribution in [0.4, 0.5) is 0 Å². The van der Waals surface area contributed by atoms with Crippen LogP contribution >= 0.6 is 22.7 Å². The van der Waals surface area contributed by atoms with Crippen molar-refractivity contribution in [3.05, 3.63) is 182 Å². The van der Waals surface area contributed by atoms with E-state index in [0.717, 1.165) is 33.5 Å². The topological polar surface area (TPSA) is 43.6 Å². The van der Waals surface area contributed by atoms with Crippen LogP contribution in [0.3, 0.4) is 0 Å². The van der Waals surface area contributed by atoms with Gasteiger partial charge in [-0.3, -0.25) is 0 Å². The quantitative estimate of drug-likeness (QED) is 0.175. The first kappa shape index (κ1) is 32.3. The Hall–Kier alpha value is -6.99. The molecule has 0 fully saturated rings. The number of fused-ring (bicyclic) bond motifs is 10. The van der Waals surface area contributed by atoms with Gasteiger partial charge >= 0.3 is 0 Å². The van der Waals surface area contributed by atoms with Crippen molar-refractivity contribution < 1.29 is 0 Å². The maximum Gasteiger partial charge on any atom is 0.165 e. The largest absolute Gasteiger partial charge is 0.309 e. The minimum absolute atomic E-state index is 0.654. The Morgan fingerprint density at radius 3 is 1.58 bits per heavy atom. The van der Waals surface area contributed by atoms with E-state index >= 15 is 0 Å². The summed E-state index contributed by atoms with van der Waals surface area (Å²) in [6, 6.07) is 64.8. The number of rotatable bonds is 5. The van der Waals surface area contributed by atoms with Crippen molar-refractivity contribution in [3.8, 4) is 51.0 Å². The van der Waals surface area contributed by atoms with E-state index in [4.69, 9.17) is 15.0 Å². The van der Waals surface area contributed by atoms with Gasteiger partial charge in [-0.05, 0) is 59.7 Å². The Morgan fingerprint density at radius 2 is 0.912 bits per heavy atom. The zero-order valence-electron chi connectivity index (χ0n) is 30.4. The Balaban J connectivity index is 1.12. The number of aromatic nitrogens is 4. The molecule has 0 spiro atoms. The third kappa shape index (κ3) is 5.15. The zero-order chi connectivity index (χ0) is 37.5. The number of hydrogen-bond donors (Lipinski definition) is 0. The fourth-order valence-electron chi connectivity index (χ4n) is 8.41. The molecule has 0 saturated heterocycles. The summed E-state index contributed by atoms with van der Waals surface area (Å²) in [6.07, 6.45) is 0. The summed E-state index contributed by atoms with van der Waals surface area (Å²) in [5.41, 5.74) is 8.68. The van der Waals surface area contributed by atoms with Crippen LogP contribution in [0.15, 0.2) is 182 Å². The smallest absolute Gasteiger partial charge is 0.165 e. The second-order valence-electron chi connectivity index (χ2n) is 14.4. The highest BCUT2D eigenvalue weighted by atomic mass is 32.1. The van der Waals surface area contributed by atoms with Gasteiger partial charge < -0.3 is 4.57 Å². The van der Waals surface area contributed by atoms with Crippen LogP contribution < -0.4 is 0 Å². The Labute approximate surface area is 335 Å². The van der Waals surface area contributed by atoms with E-state index in [0.29, 0.717) is 17.5 Å². The van der Waals surface area contributed by atoms with Crippen molar-refractivity contribution in [2.24, 2.45) is 0 Å². The van der Waals surface area contributed by atoms with Crippen molar-refractivity contribution in [1.82, 2.24) is 19.5 Å². The van der Waals surface area contributed by atoms with E-state index in [2.05, 4.69) is 150 Å². The lowest BCUT2D eigenvalue weighted by Crippen LogP contribution is -2.00. The lowest BCUT2D eigenvalue weighted by atomic mass is 9.98. The van der Waals surface area contributed by atoms with Crippen molar-refractivity contribution >= 4 is 84.8 Å². The summed E-state index contributed by atoms with van der Waals surface area (Å²) in [7, 11) is 0. The van der Waals surface area contributed by atoms with Gasteiger partial charge in [0.25, 0.3) is 0 Å².